The van der Waals surface area contributed by atoms with E-state index in [0.717, 1.165) is 4.24 Å². The molecule has 0 fully saturated rings. The number of aromatic nitrogens is 3. The van der Waals surface area contributed by atoms with Crippen molar-refractivity contribution in [3.63, 3.8) is 0 Å². The van der Waals surface area contributed by atoms with E-state index in [2.05, 4.69) is 10.1 Å². The molecule has 0 N–H and O–H groups in total. The second kappa shape index (κ2) is 5.73. The van der Waals surface area contributed by atoms with Crippen LogP contribution in [0, 0.1) is 5.41 Å². The first-order chi connectivity index (χ1) is 7.91. The third-order valence-corrected chi connectivity index (χ3v) is 4.24. The van der Waals surface area contributed by atoms with Crippen LogP contribution in [0.25, 0.3) is 5.70 Å². The maximum Gasteiger partial charge on any atom is 0.188 e. The van der Waals surface area contributed by atoms with Gasteiger partial charge in [0.1, 0.15) is 18.4 Å². The zero-order valence-corrected chi connectivity index (χ0v) is 12.4. The molecule has 1 aromatic heterocycles. The molecule has 0 aliphatic carbocycles. The molecule has 94 valence electrons. The van der Waals surface area contributed by atoms with E-state index in [0.29, 0.717) is 5.70 Å². The molecule has 6 heteroatoms. The molecule has 0 spiro atoms. The van der Waals surface area contributed by atoms with Crippen molar-refractivity contribution in [2.45, 2.75) is 20.8 Å². The average Bonchev–Trinajstić information content (AvgIpc) is 2.76. The first-order valence-corrected chi connectivity index (χ1v) is 7.58. The van der Waals surface area contributed by atoms with Crippen LogP contribution in [0.2, 0.25) is 0 Å². The molecular weight excluding hydrogens is 254 g/mol. The number of allylic oxidation sites excluding steroid dienone is 1. The van der Waals surface area contributed by atoms with Crippen LogP contribution in [0.1, 0.15) is 20.8 Å². The number of carbonyl (C=O) groups is 1. The van der Waals surface area contributed by atoms with Crippen LogP contribution in [0.15, 0.2) is 16.9 Å². The van der Waals surface area contributed by atoms with E-state index < -0.39 is 5.41 Å². The zero-order chi connectivity index (χ0) is 13.1. The summed E-state index contributed by atoms with van der Waals surface area (Å²) >= 11 is 3.11. The van der Waals surface area contributed by atoms with Crippen LogP contribution in [0.3, 0.4) is 0 Å². The normalized spacial score (nSPS) is 11.4. The van der Waals surface area contributed by atoms with Gasteiger partial charge in [0.05, 0.1) is 4.24 Å². The van der Waals surface area contributed by atoms with Gasteiger partial charge in [-0.15, -0.1) is 23.5 Å². The third-order valence-electron chi connectivity index (χ3n) is 2.11. The Balaban J connectivity index is 3.32. The summed E-state index contributed by atoms with van der Waals surface area (Å²) in [6, 6.07) is 0. The fraction of sp³-hybridized carbons (Fsp3) is 0.545. The molecule has 17 heavy (non-hydrogen) atoms. The smallest absolute Gasteiger partial charge is 0.188 e. The van der Waals surface area contributed by atoms with Crippen LogP contribution >= 0.6 is 23.5 Å². The molecule has 0 amide bonds. The lowest BCUT2D eigenvalue weighted by molar-refractivity contribution is -0.120. The Bertz CT molecular complexity index is 412. The Hall–Kier alpha value is -0.750. The van der Waals surface area contributed by atoms with Gasteiger partial charge in [-0.2, -0.15) is 5.10 Å². The largest absolute Gasteiger partial charge is 0.292 e. The summed E-state index contributed by atoms with van der Waals surface area (Å²) in [6.07, 6.45) is 6.91. The summed E-state index contributed by atoms with van der Waals surface area (Å²) < 4.78 is 2.51. The van der Waals surface area contributed by atoms with Gasteiger partial charge in [-0.1, -0.05) is 20.8 Å². The molecule has 0 aliphatic rings. The van der Waals surface area contributed by atoms with Crippen LogP contribution in [0.5, 0.6) is 0 Å². The fourth-order valence-electron chi connectivity index (χ4n) is 1.25. The Morgan fingerprint density at radius 2 is 1.82 bits per heavy atom. The first kappa shape index (κ1) is 14.3. The Labute approximate surface area is 110 Å². The Morgan fingerprint density at radius 1 is 1.24 bits per heavy atom. The lowest BCUT2D eigenvalue weighted by Crippen LogP contribution is -2.25. The molecule has 0 aliphatic heterocycles. The monoisotopic (exact) mass is 271 g/mol. The molecule has 0 atom stereocenters. The fourth-order valence-corrected chi connectivity index (χ4v) is 2.67. The molecule has 1 heterocycles. The molecule has 0 saturated heterocycles. The molecule has 0 aromatic carbocycles. The van der Waals surface area contributed by atoms with Crippen molar-refractivity contribution in [2.24, 2.45) is 5.41 Å². The van der Waals surface area contributed by atoms with Crippen molar-refractivity contribution in [3.8, 4) is 0 Å². The highest BCUT2D eigenvalue weighted by Gasteiger charge is 2.29. The standard InChI is InChI=1S/C11H17N3OS2/c1-11(2,3)9(15)8(10(16-4)17-5)14-7-12-6-13-14/h6-7H,1-5H3. The minimum Gasteiger partial charge on any atom is -0.292 e. The topological polar surface area (TPSA) is 47.8 Å². The molecule has 0 radical (unpaired) electrons. The van der Waals surface area contributed by atoms with Crippen molar-refractivity contribution in [1.29, 1.82) is 0 Å². The van der Waals surface area contributed by atoms with Crippen LogP contribution < -0.4 is 0 Å². The van der Waals surface area contributed by atoms with Gasteiger partial charge in [0, 0.05) is 5.41 Å². The highest BCUT2D eigenvalue weighted by molar-refractivity contribution is 8.22. The van der Waals surface area contributed by atoms with Gasteiger partial charge in [-0.3, -0.25) is 4.79 Å². The molecule has 0 bridgehead atoms. The molecule has 1 rings (SSSR count). The summed E-state index contributed by atoms with van der Waals surface area (Å²) in [5, 5.41) is 4.07. The van der Waals surface area contributed by atoms with Gasteiger partial charge in [0.2, 0.25) is 0 Å². The predicted octanol–water partition coefficient (Wildman–Crippen LogP) is 2.75. The van der Waals surface area contributed by atoms with Gasteiger partial charge >= 0.3 is 0 Å². The van der Waals surface area contributed by atoms with Crippen LogP contribution in [0.4, 0.5) is 0 Å². The number of carbonyl (C=O) groups excluding carboxylic acids is 1. The highest BCUT2D eigenvalue weighted by atomic mass is 32.2. The molecule has 0 unspecified atom stereocenters. The summed E-state index contributed by atoms with van der Waals surface area (Å²) in [6.45, 7) is 5.72. The van der Waals surface area contributed by atoms with E-state index >= 15 is 0 Å². The van der Waals surface area contributed by atoms with Gasteiger partial charge in [0.15, 0.2) is 5.78 Å². The number of ketones is 1. The number of Topliss-reactive ketones (excluding diaryl/α,β-unsaturated/α-hetero) is 1. The van der Waals surface area contributed by atoms with E-state index in [-0.39, 0.29) is 5.78 Å². The quantitative estimate of drug-likeness (QED) is 0.788. The van der Waals surface area contributed by atoms with Crippen LogP contribution in [-0.4, -0.2) is 33.1 Å². The van der Waals surface area contributed by atoms with Crippen LogP contribution in [-0.2, 0) is 4.79 Å². The van der Waals surface area contributed by atoms with Crippen molar-refractivity contribution < 1.29 is 4.79 Å². The molecular formula is C11H17N3OS2. The van der Waals surface area contributed by atoms with Gasteiger partial charge in [0.25, 0.3) is 0 Å². The van der Waals surface area contributed by atoms with E-state index in [4.69, 9.17) is 0 Å². The maximum atomic E-state index is 12.4. The predicted molar refractivity (Wildman–Crippen MR) is 74.7 cm³/mol. The maximum absolute atomic E-state index is 12.4. The number of hydrogen-bond donors (Lipinski definition) is 0. The lowest BCUT2D eigenvalue weighted by atomic mass is 9.89. The highest BCUT2D eigenvalue weighted by Crippen LogP contribution is 2.34. The SMILES string of the molecule is CSC(SC)=C(C(=O)C(C)(C)C)n1cncn1. The molecule has 1 aromatic rings. The lowest BCUT2D eigenvalue weighted by Gasteiger charge is -2.20. The van der Waals surface area contributed by atoms with Gasteiger partial charge in [-0.25, -0.2) is 9.67 Å². The average molecular weight is 271 g/mol. The first-order valence-electron chi connectivity index (χ1n) is 5.14. The number of thioether (sulfide) groups is 2. The Morgan fingerprint density at radius 3 is 2.18 bits per heavy atom. The summed E-state index contributed by atoms with van der Waals surface area (Å²) in [7, 11) is 0. The van der Waals surface area contributed by atoms with E-state index in [1.165, 1.54) is 6.33 Å². The Kier molecular flexibility index (Phi) is 4.82. The summed E-state index contributed by atoms with van der Waals surface area (Å²) in [5.74, 6) is 0.0710. The van der Waals surface area contributed by atoms with Crippen molar-refractivity contribution in [3.05, 3.63) is 16.9 Å². The minimum absolute atomic E-state index is 0.0710. The second-order valence-electron chi connectivity index (χ2n) is 4.46. The minimum atomic E-state index is -0.433. The third kappa shape index (κ3) is 3.35. The number of nitrogens with zero attached hydrogens (tertiary/aromatic N) is 3. The van der Waals surface area contributed by atoms with E-state index in [9.17, 15) is 4.79 Å². The summed E-state index contributed by atoms with van der Waals surface area (Å²) in [5.41, 5.74) is 0.174. The van der Waals surface area contributed by atoms with E-state index in [1.54, 1.807) is 34.5 Å². The zero-order valence-electron chi connectivity index (χ0n) is 10.7. The van der Waals surface area contributed by atoms with Crippen molar-refractivity contribution >= 4 is 35.0 Å². The van der Waals surface area contributed by atoms with Gasteiger partial charge in [-0.05, 0) is 12.5 Å². The van der Waals surface area contributed by atoms with Gasteiger partial charge < -0.3 is 0 Å². The number of hydrogen-bond acceptors (Lipinski definition) is 5. The van der Waals surface area contributed by atoms with E-state index in [1.807, 2.05) is 33.3 Å². The second-order valence-corrected chi connectivity index (χ2v) is 6.35. The molecule has 4 nitrogen and oxygen atoms in total. The van der Waals surface area contributed by atoms with Crippen molar-refractivity contribution in [1.82, 2.24) is 14.8 Å². The number of rotatable bonds is 4. The summed E-state index contributed by atoms with van der Waals surface area (Å²) in [4.78, 5) is 16.4. The van der Waals surface area contributed by atoms with Crippen molar-refractivity contribution in [2.75, 3.05) is 12.5 Å². The molecule has 0 saturated carbocycles.